The van der Waals surface area contributed by atoms with Crippen molar-refractivity contribution in [3.8, 4) is 0 Å². The molecule has 7 heteroatoms. The molecule has 28 heavy (non-hydrogen) atoms. The zero-order chi connectivity index (χ0) is 20.0. The minimum atomic E-state index is 0.0259. The number of nitrogens with zero attached hydrogens (tertiary/aromatic N) is 5. The Morgan fingerprint density at radius 2 is 1.79 bits per heavy atom. The van der Waals surface area contributed by atoms with Gasteiger partial charge in [-0.15, -0.1) is 0 Å². The molecule has 4 rings (SSSR count). The molecule has 3 heterocycles. The molecule has 0 N–H and O–H groups in total. The van der Waals surface area contributed by atoms with E-state index in [-0.39, 0.29) is 11.9 Å². The van der Waals surface area contributed by atoms with Crippen molar-refractivity contribution in [3.05, 3.63) is 40.7 Å². The molecule has 2 aromatic heterocycles. The first-order chi connectivity index (χ1) is 13.3. The molecule has 0 atom stereocenters. The van der Waals surface area contributed by atoms with Crippen LogP contribution in [0.15, 0.2) is 18.2 Å². The maximum absolute atomic E-state index is 12.9. The summed E-state index contributed by atoms with van der Waals surface area (Å²) in [6.45, 7) is 13.4. The number of aromatic nitrogens is 3. The van der Waals surface area contributed by atoms with E-state index in [4.69, 9.17) is 4.98 Å². The van der Waals surface area contributed by atoms with Gasteiger partial charge in [0.25, 0.3) is 5.91 Å². The highest BCUT2D eigenvalue weighted by Gasteiger charge is 2.26. The monoisotopic (exact) mass is 397 g/mol. The molecule has 6 nitrogen and oxygen atoms in total. The van der Waals surface area contributed by atoms with Crippen LogP contribution in [0, 0.1) is 20.8 Å². The summed E-state index contributed by atoms with van der Waals surface area (Å²) < 4.78 is 3.17. The average Bonchev–Trinajstić information content (AvgIpc) is 3.25. The molecule has 0 radical (unpaired) electrons. The van der Waals surface area contributed by atoms with Crippen LogP contribution in [-0.4, -0.2) is 51.8 Å². The number of fused-ring (bicyclic) bond motifs is 1. The maximum atomic E-state index is 12.9. The number of hydrogen-bond donors (Lipinski definition) is 0. The van der Waals surface area contributed by atoms with Crippen molar-refractivity contribution >= 4 is 32.6 Å². The van der Waals surface area contributed by atoms with Crippen molar-refractivity contribution in [2.45, 2.75) is 40.7 Å². The quantitative estimate of drug-likeness (QED) is 0.671. The van der Waals surface area contributed by atoms with Gasteiger partial charge in [-0.3, -0.25) is 9.48 Å². The zero-order valence-electron chi connectivity index (χ0n) is 17.2. The second kappa shape index (κ2) is 7.20. The van der Waals surface area contributed by atoms with Crippen LogP contribution in [0.2, 0.25) is 0 Å². The molecule has 3 aromatic rings. The van der Waals surface area contributed by atoms with Gasteiger partial charge in [-0.05, 0) is 57.9 Å². The number of anilines is 1. The number of amides is 1. The molecule has 1 aliphatic heterocycles. The van der Waals surface area contributed by atoms with E-state index < -0.39 is 0 Å². The zero-order valence-corrected chi connectivity index (χ0v) is 18.0. The van der Waals surface area contributed by atoms with Crippen LogP contribution in [0.25, 0.3) is 10.2 Å². The van der Waals surface area contributed by atoms with Gasteiger partial charge in [0.2, 0.25) is 0 Å². The van der Waals surface area contributed by atoms with E-state index in [1.165, 1.54) is 15.8 Å². The third-order valence-electron chi connectivity index (χ3n) is 5.28. The molecule has 0 aliphatic carbocycles. The summed E-state index contributed by atoms with van der Waals surface area (Å²) in [4.78, 5) is 21.9. The number of benzene rings is 1. The Hall–Kier alpha value is -2.41. The molecule has 0 unspecified atom stereocenters. The number of piperazine rings is 1. The predicted molar refractivity (Wildman–Crippen MR) is 115 cm³/mol. The lowest BCUT2D eigenvalue weighted by molar-refractivity contribution is 0.0739. The molecule has 1 fully saturated rings. The smallest absolute Gasteiger partial charge is 0.274 e. The lowest BCUT2D eigenvalue weighted by Gasteiger charge is -2.34. The minimum Gasteiger partial charge on any atom is -0.345 e. The highest BCUT2D eigenvalue weighted by atomic mass is 32.1. The van der Waals surface area contributed by atoms with Crippen LogP contribution in [0.5, 0.6) is 0 Å². The van der Waals surface area contributed by atoms with Crippen molar-refractivity contribution in [1.82, 2.24) is 19.7 Å². The van der Waals surface area contributed by atoms with E-state index in [0.717, 1.165) is 29.4 Å². The van der Waals surface area contributed by atoms with Crippen molar-refractivity contribution < 1.29 is 4.79 Å². The van der Waals surface area contributed by atoms with Gasteiger partial charge in [0.05, 0.1) is 10.2 Å². The standard InChI is InChI=1S/C21H27N5OS/c1-13(2)26-16(5)12-18(23-26)20(27)24-6-8-25(9-7-24)21-22-17-11-14(3)10-15(4)19(17)28-21/h10-13H,6-9H2,1-5H3. The molecule has 148 valence electrons. The summed E-state index contributed by atoms with van der Waals surface area (Å²) in [5.74, 6) is 0.0259. The van der Waals surface area contributed by atoms with Gasteiger partial charge < -0.3 is 9.80 Å². The fraction of sp³-hybridized carbons (Fsp3) is 0.476. The Morgan fingerprint density at radius 1 is 1.07 bits per heavy atom. The third-order valence-corrected chi connectivity index (χ3v) is 6.54. The lowest BCUT2D eigenvalue weighted by Crippen LogP contribution is -2.48. The van der Waals surface area contributed by atoms with Gasteiger partial charge >= 0.3 is 0 Å². The summed E-state index contributed by atoms with van der Waals surface area (Å²) in [6.07, 6.45) is 0. The van der Waals surface area contributed by atoms with Gasteiger partial charge in [-0.2, -0.15) is 5.10 Å². The molecule has 1 aliphatic rings. The summed E-state index contributed by atoms with van der Waals surface area (Å²) in [5, 5.41) is 5.56. The topological polar surface area (TPSA) is 54.3 Å². The molecule has 1 aromatic carbocycles. The lowest BCUT2D eigenvalue weighted by atomic mass is 10.1. The first kappa shape index (κ1) is 18.9. The van der Waals surface area contributed by atoms with E-state index >= 15 is 0 Å². The normalized spacial score (nSPS) is 15.1. The first-order valence-electron chi connectivity index (χ1n) is 9.81. The Balaban J connectivity index is 1.47. The number of aryl methyl sites for hydroxylation is 3. The molecule has 0 saturated carbocycles. The van der Waals surface area contributed by atoms with Crippen LogP contribution < -0.4 is 4.90 Å². The minimum absolute atomic E-state index is 0.0259. The van der Waals surface area contributed by atoms with E-state index in [2.05, 4.69) is 49.8 Å². The highest BCUT2D eigenvalue weighted by Crippen LogP contribution is 2.32. The Kier molecular flexibility index (Phi) is 4.87. The molecule has 0 spiro atoms. The van der Waals surface area contributed by atoms with Crippen LogP contribution >= 0.6 is 11.3 Å². The number of carbonyl (C=O) groups excluding carboxylic acids is 1. The largest absolute Gasteiger partial charge is 0.345 e. The molecule has 1 amide bonds. The average molecular weight is 398 g/mol. The van der Waals surface area contributed by atoms with E-state index in [1.54, 1.807) is 11.3 Å². The fourth-order valence-electron chi connectivity index (χ4n) is 3.88. The van der Waals surface area contributed by atoms with Crippen molar-refractivity contribution in [2.24, 2.45) is 0 Å². The summed E-state index contributed by atoms with van der Waals surface area (Å²) >= 11 is 1.75. The third kappa shape index (κ3) is 3.39. The number of rotatable bonds is 3. The molecule has 0 bridgehead atoms. The predicted octanol–water partition coefficient (Wildman–Crippen LogP) is 3.96. The van der Waals surface area contributed by atoms with E-state index in [0.29, 0.717) is 18.8 Å². The van der Waals surface area contributed by atoms with Crippen molar-refractivity contribution in [1.29, 1.82) is 0 Å². The van der Waals surface area contributed by atoms with Crippen LogP contribution in [-0.2, 0) is 0 Å². The second-order valence-corrected chi connectivity index (χ2v) is 8.89. The number of thiazole rings is 1. The fourth-order valence-corrected chi connectivity index (χ4v) is 4.95. The van der Waals surface area contributed by atoms with Gasteiger partial charge in [-0.25, -0.2) is 4.98 Å². The second-order valence-electron chi connectivity index (χ2n) is 7.92. The first-order valence-corrected chi connectivity index (χ1v) is 10.6. The Labute approximate surface area is 169 Å². The van der Waals surface area contributed by atoms with Crippen LogP contribution in [0.3, 0.4) is 0 Å². The van der Waals surface area contributed by atoms with Gasteiger partial charge in [0.1, 0.15) is 0 Å². The van der Waals surface area contributed by atoms with Crippen molar-refractivity contribution in [3.63, 3.8) is 0 Å². The summed E-state index contributed by atoms with van der Waals surface area (Å²) in [5.41, 5.74) is 5.17. The summed E-state index contributed by atoms with van der Waals surface area (Å²) in [7, 11) is 0. The number of carbonyl (C=O) groups is 1. The molecular weight excluding hydrogens is 370 g/mol. The number of hydrogen-bond acceptors (Lipinski definition) is 5. The highest BCUT2D eigenvalue weighted by molar-refractivity contribution is 7.22. The van der Waals surface area contributed by atoms with Gasteiger partial charge in [-0.1, -0.05) is 17.4 Å². The van der Waals surface area contributed by atoms with E-state index in [1.807, 2.05) is 22.6 Å². The van der Waals surface area contributed by atoms with E-state index in [9.17, 15) is 4.79 Å². The van der Waals surface area contributed by atoms with Gasteiger partial charge in [0, 0.05) is 37.9 Å². The Morgan fingerprint density at radius 3 is 2.43 bits per heavy atom. The molecule has 1 saturated heterocycles. The van der Waals surface area contributed by atoms with Crippen molar-refractivity contribution in [2.75, 3.05) is 31.1 Å². The van der Waals surface area contributed by atoms with Crippen LogP contribution in [0.1, 0.15) is 47.2 Å². The maximum Gasteiger partial charge on any atom is 0.274 e. The summed E-state index contributed by atoms with van der Waals surface area (Å²) in [6, 6.07) is 6.51. The molecular formula is C21H27N5OS. The Bertz CT molecular complexity index is 1030. The van der Waals surface area contributed by atoms with Gasteiger partial charge in [0.15, 0.2) is 10.8 Å². The SMILES string of the molecule is Cc1cc(C)c2sc(N3CCN(C(=O)c4cc(C)n(C(C)C)n4)CC3)nc2c1. The van der Waals surface area contributed by atoms with Crippen LogP contribution in [0.4, 0.5) is 5.13 Å².